The van der Waals surface area contributed by atoms with Gasteiger partial charge in [-0.3, -0.25) is 4.98 Å². The Morgan fingerprint density at radius 3 is 2.68 bits per heavy atom. The number of nitrogens with one attached hydrogen (secondary N) is 1. The van der Waals surface area contributed by atoms with E-state index in [4.69, 9.17) is 0 Å². The lowest BCUT2D eigenvalue weighted by Crippen LogP contribution is -2.26. The zero-order chi connectivity index (χ0) is 22.3. The molecule has 8 heteroatoms. The Labute approximate surface area is 183 Å². The maximum Gasteiger partial charge on any atom is 0.265 e. The molecule has 0 aliphatic heterocycles. The van der Waals surface area contributed by atoms with Crippen LogP contribution in [-0.2, 0) is 24.5 Å². The second-order valence-corrected chi connectivity index (χ2v) is 10.8. The highest BCUT2D eigenvalue weighted by Crippen LogP contribution is 2.35. The number of nitrogens with zero attached hydrogens (tertiary/aromatic N) is 2. The van der Waals surface area contributed by atoms with Crippen molar-refractivity contribution in [2.24, 2.45) is 5.41 Å². The normalized spacial score (nSPS) is 15.7. The van der Waals surface area contributed by atoms with Crippen LogP contribution < -0.4 is 4.72 Å². The minimum Gasteiger partial charge on any atom is -0.598 e. The van der Waals surface area contributed by atoms with Crippen molar-refractivity contribution in [3.05, 3.63) is 53.6 Å². The molecule has 2 heterocycles. The van der Waals surface area contributed by atoms with Gasteiger partial charge in [0.1, 0.15) is 11.1 Å². The minimum absolute atomic E-state index is 0.0464. The summed E-state index contributed by atoms with van der Waals surface area (Å²) < 4.78 is 59.4. The van der Waals surface area contributed by atoms with Crippen LogP contribution in [0.5, 0.6) is 0 Å². The lowest BCUT2D eigenvalue weighted by molar-refractivity contribution is 0.151. The number of benzene rings is 1. The Balaban J connectivity index is 1.80. The van der Waals surface area contributed by atoms with Crippen LogP contribution >= 0.6 is 0 Å². The molecular formula is C23H26F3N3OS. The zero-order valence-electron chi connectivity index (χ0n) is 17.8. The van der Waals surface area contributed by atoms with E-state index in [-0.39, 0.29) is 27.5 Å². The fraction of sp³-hybridized carbons (Fsp3) is 0.435. The van der Waals surface area contributed by atoms with Gasteiger partial charge in [0.15, 0.2) is 0 Å². The minimum atomic E-state index is -2.75. The standard InChI is InChI=1S/C23H26F3N3OS/c1-23(2,3)13-29-12-14(11-28-31(30)15-6-7-15)17-9-19(24)18(10-20(17)29)21-16(22(25)26)5-4-8-27-21/h4-5,8-10,12,15,22,28H,6-7,11,13H2,1-3H3. The summed E-state index contributed by atoms with van der Waals surface area (Å²) >= 11 is -1.11. The monoisotopic (exact) mass is 449 g/mol. The molecule has 2 aromatic heterocycles. The molecule has 1 aliphatic rings. The van der Waals surface area contributed by atoms with Crippen molar-refractivity contribution in [3.8, 4) is 11.3 Å². The molecule has 0 saturated heterocycles. The van der Waals surface area contributed by atoms with Crippen molar-refractivity contribution in [1.29, 1.82) is 0 Å². The van der Waals surface area contributed by atoms with E-state index in [0.717, 1.165) is 23.9 Å². The number of halogens is 3. The number of rotatable bonds is 7. The maximum atomic E-state index is 15.1. The third-order valence-electron chi connectivity index (χ3n) is 5.26. The zero-order valence-corrected chi connectivity index (χ0v) is 18.6. The van der Waals surface area contributed by atoms with Gasteiger partial charge in [0.2, 0.25) is 0 Å². The summed E-state index contributed by atoms with van der Waals surface area (Å²) in [5.41, 5.74) is 1.23. The van der Waals surface area contributed by atoms with Crippen LogP contribution in [0, 0.1) is 11.2 Å². The smallest absolute Gasteiger partial charge is 0.265 e. The molecule has 3 aromatic rings. The van der Waals surface area contributed by atoms with E-state index in [9.17, 15) is 13.3 Å². The molecule has 1 fully saturated rings. The molecule has 0 spiro atoms. The van der Waals surface area contributed by atoms with Gasteiger partial charge in [-0.25, -0.2) is 13.2 Å². The molecule has 0 radical (unpaired) electrons. The Bertz CT molecular complexity index is 1090. The lowest BCUT2D eigenvalue weighted by Gasteiger charge is -2.20. The molecule has 1 atom stereocenters. The van der Waals surface area contributed by atoms with Crippen LogP contribution in [0.4, 0.5) is 13.2 Å². The van der Waals surface area contributed by atoms with Crippen molar-refractivity contribution in [3.63, 3.8) is 0 Å². The van der Waals surface area contributed by atoms with Crippen LogP contribution in [0.3, 0.4) is 0 Å². The summed E-state index contributed by atoms with van der Waals surface area (Å²) in [5.74, 6) is -0.605. The Kier molecular flexibility index (Phi) is 6.07. The van der Waals surface area contributed by atoms with E-state index in [2.05, 4.69) is 30.5 Å². The highest BCUT2D eigenvalue weighted by Gasteiger charge is 2.34. The summed E-state index contributed by atoms with van der Waals surface area (Å²) in [5, 5.41) is 0.878. The number of aromatic nitrogens is 2. The summed E-state index contributed by atoms with van der Waals surface area (Å²) in [6, 6.07) is 5.68. The van der Waals surface area contributed by atoms with Crippen LogP contribution in [0.1, 0.15) is 51.2 Å². The molecule has 166 valence electrons. The molecule has 1 unspecified atom stereocenters. The van der Waals surface area contributed by atoms with E-state index in [1.54, 1.807) is 6.07 Å². The van der Waals surface area contributed by atoms with Crippen LogP contribution in [0.15, 0.2) is 36.7 Å². The van der Waals surface area contributed by atoms with Gasteiger partial charge in [0.25, 0.3) is 6.43 Å². The van der Waals surface area contributed by atoms with Gasteiger partial charge in [0, 0.05) is 65.2 Å². The average Bonchev–Trinajstić information content (AvgIpc) is 3.50. The highest BCUT2D eigenvalue weighted by molar-refractivity contribution is 7.90. The summed E-state index contributed by atoms with van der Waals surface area (Å²) in [7, 11) is 0. The van der Waals surface area contributed by atoms with Gasteiger partial charge >= 0.3 is 0 Å². The SMILES string of the molecule is CC(C)(C)Cn1cc(CN[S+]([O-])C2CC2)c2cc(F)c(-c3ncccc3C(F)F)cc21. The van der Waals surface area contributed by atoms with Crippen molar-refractivity contribution < 1.29 is 17.7 Å². The Morgan fingerprint density at radius 1 is 1.29 bits per heavy atom. The first-order valence-corrected chi connectivity index (χ1v) is 11.5. The first-order chi connectivity index (χ1) is 14.6. The predicted octanol–water partition coefficient (Wildman–Crippen LogP) is 5.74. The van der Waals surface area contributed by atoms with E-state index in [0.29, 0.717) is 18.5 Å². The van der Waals surface area contributed by atoms with E-state index in [1.807, 2.05) is 10.8 Å². The molecule has 0 bridgehead atoms. The number of fused-ring (bicyclic) bond motifs is 1. The number of hydrogen-bond donors (Lipinski definition) is 1. The second kappa shape index (κ2) is 8.48. The third kappa shape index (κ3) is 4.91. The number of hydrogen-bond acceptors (Lipinski definition) is 3. The van der Waals surface area contributed by atoms with Gasteiger partial charge in [-0.1, -0.05) is 20.8 Å². The quantitative estimate of drug-likeness (QED) is 0.468. The largest absolute Gasteiger partial charge is 0.598 e. The summed E-state index contributed by atoms with van der Waals surface area (Å²) in [6.07, 6.45) is 2.49. The molecule has 1 saturated carbocycles. The van der Waals surface area contributed by atoms with Crippen LogP contribution in [0.25, 0.3) is 22.2 Å². The number of alkyl halides is 2. The molecular weight excluding hydrogens is 423 g/mol. The molecule has 1 aromatic carbocycles. The predicted molar refractivity (Wildman–Crippen MR) is 118 cm³/mol. The molecule has 4 nitrogen and oxygen atoms in total. The summed E-state index contributed by atoms with van der Waals surface area (Å²) in [4.78, 5) is 4.05. The second-order valence-electron chi connectivity index (χ2n) is 9.25. The molecule has 1 N–H and O–H groups in total. The Hall–Kier alpha value is -2.03. The molecule has 4 rings (SSSR count). The maximum absolute atomic E-state index is 15.1. The third-order valence-corrected chi connectivity index (χ3v) is 6.76. The molecule has 0 amide bonds. The highest BCUT2D eigenvalue weighted by atomic mass is 32.2. The lowest BCUT2D eigenvalue weighted by atomic mass is 9.96. The van der Waals surface area contributed by atoms with Crippen LogP contribution in [0.2, 0.25) is 0 Å². The fourth-order valence-electron chi connectivity index (χ4n) is 3.72. The van der Waals surface area contributed by atoms with Gasteiger partial charge in [0.05, 0.1) is 12.2 Å². The van der Waals surface area contributed by atoms with E-state index in [1.165, 1.54) is 24.4 Å². The van der Waals surface area contributed by atoms with E-state index >= 15 is 4.39 Å². The van der Waals surface area contributed by atoms with Crippen LogP contribution in [-0.4, -0.2) is 19.4 Å². The first-order valence-electron chi connectivity index (χ1n) is 10.3. The van der Waals surface area contributed by atoms with Crippen molar-refractivity contribution in [2.75, 3.05) is 0 Å². The fourth-order valence-corrected chi connectivity index (χ4v) is 4.81. The van der Waals surface area contributed by atoms with Gasteiger partial charge in [-0.15, -0.1) is 4.72 Å². The average molecular weight is 450 g/mol. The van der Waals surface area contributed by atoms with Crippen molar-refractivity contribution in [2.45, 2.75) is 58.4 Å². The topological polar surface area (TPSA) is 52.9 Å². The van der Waals surface area contributed by atoms with E-state index < -0.39 is 23.6 Å². The van der Waals surface area contributed by atoms with Crippen molar-refractivity contribution >= 4 is 22.3 Å². The van der Waals surface area contributed by atoms with Crippen molar-refractivity contribution in [1.82, 2.24) is 14.3 Å². The molecule has 31 heavy (non-hydrogen) atoms. The van der Waals surface area contributed by atoms with Gasteiger partial charge in [-0.2, -0.15) is 0 Å². The number of pyridine rings is 1. The summed E-state index contributed by atoms with van der Waals surface area (Å²) in [6.45, 7) is 7.29. The Morgan fingerprint density at radius 2 is 2.03 bits per heavy atom. The first kappa shape index (κ1) is 22.2. The van der Waals surface area contributed by atoms with Gasteiger partial charge < -0.3 is 9.12 Å². The molecule has 1 aliphatic carbocycles. The van der Waals surface area contributed by atoms with Gasteiger partial charge in [-0.05, 0) is 35.2 Å².